The van der Waals surface area contributed by atoms with Crippen molar-refractivity contribution in [3.63, 3.8) is 0 Å². The number of urea groups is 1. The Bertz CT molecular complexity index is 983. The Morgan fingerprint density at radius 2 is 1.93 bits per heavy atom. The number of rotatable bonds is 6. The summed E-state index contributed by atoms with van der Waals surface area (Å²) in [4.78, 5) is 14.5. The molecule has 13 heteroatoms. The zero-order valence-corrected chi connectivity index (χ0v) is 18.3. The molecular weight excluding hydrogens is 462 g/mol. The number of carbonyl (C=O) groups excluding carboxylic acids is 1. The van der Waals surface area contributed by atoms with Gasteiger partial charge in [0.2, 0.25) is 0 Å². The number of anilines is 2. The molecule has 0 bridgehead atoms. The van der Waals surface area contributed by atoms with E-state index in [1.54, 1.807) is 13.2 Å². The van der Waals surface area contributed by atoms with Gasteiger partial charge in [0, 0.05) is 35.0 Å². The first kappa shape index (κ1) is 25.3. The molecule has 0 spiro atoms. The van der Waals surface area contributed by atoms with Crippen LogP contribution in [-0.4, -0.2) is 84.9 Å². The van der Waals surface area contributed by atoms with Crippen molar-refractivity contribution in [1.29, 1.82) is 0 Å². The van der Waals surface area contributed by atoms with Gasteiger partial charge < -0.3 is 10.2 Å². The van der Waals surface area contributed by atoms with Gasteiger partial charge in [0.1, 0.15) is 0 Å². The van der Waals surface area contributed by atoms with Crippen LogP contribution in [0.25, 0.3) is 0 Å². The summed E-state index contributed by atoms with van der Waals surface area (Å²) in [5.74, 6) is 0. The van der Waals surface area contributed by atoms with Crippen molar-refractivity contribution in [3.8, 4) is 0 Å². The third-order valence-electron chi connectivity index (χ3n) is 4.66. The SMILES string of the molecule is CN1CCC[C@@H]1CN(c1cnn(C)c1)S(=O)(=O)NC(=O)Nc1cc(Cl)cc(Cl)c1.[NaH]. The summed E-state index contributed by atoms with van der Waals surface area (Å²) in [6.07, 6.45) is 4.90. The fourth-order valence-corrected chi connectivity index (χ4v) is 4.90. The summed E-state index contributed by atoms with van der Waals surface area (Å²) in [6.45, 7) is 1.10. The third kappa shape index (κ3) is 6.49. The number of hydrogen-bond acceptors (Lipinski definition) is 5. The number of hydrogen-bond donors (Lipinski definition) is 2. The zero-order valence-electron chi connectivity index (χ0n) is 16.0. The standard InChI is InChI=1S/C17H22Cl2N6O3S.Na.H/c1-23-5-3-4-15(23)11-25(16-9-20-24(2)10-16)29(27,28)22-17(26)21-14-7-12(18)6-13(19)8-14;;/h6-10,15H,3-5,11H2,1-2H3,(H2,21,22,26);;/t15-;;/m1../s1. The molecule has 1 aromatic heterocycles. The molecule has 1 fully saturated rings. The van der Waals surface area contributed by atoms with E-state index in [-0.39, 0.29) is 47.8 Å². The monoisotopic (exact) mass is 484 g/mol. The molecule has 2 amide bonds. The number of halogens is 2. The van der Waals surface area contributed by atoms with Crippen LogP contribution >= 0.6 is 23.2 Å². The fourth-order valence-electron chi connectivity index (χ4n) is 3.24. The van der Waals surface area contributed by atoms with Crippen LogP contribution in [0.4, 0.5) is 16.2 Å². The molecule has 0 unspecified atom stereocenters. The number of nitrogens with one attached hydrogen (secondary N) is 2. The first-order valence-corrected chi connectivity index (χ1v) is 11.1. The van der Waals surface area contributed by atoms with Crippen LogP contribution in [0.2, 0.25) is 10.0 Å². The van der Waals surface area contributed by atoms with Crippen LogP contribution < -0.4 is 14.3 Å². The van der Waals surface area contributed by atoms with Crippen molar-refractivity contribution in [2.75, 3.05) is 29.8 Å². The summed E-state index contributed by atoms with van der Waals surface area (Å²) in [7, 11) is -0.541. The molecule has 1 aliphatic heterocycles. The second-order valence-electron chi connectivity index (χ2n) is 6.90. The number of amides is 2. The molecule has 2 aromatic rings. The van der Waals surface area contributed by atoms with E-state index in [4.69, 9.17) is 23.2 Å². The minimum absolute atomic E-state index is 0. The van der Waals surface area contributed by atoms with Crippen molar-refractivity contribution in [2.45, 2.75) is 18.9 Å². The van der Waals surface area contributed by atoms with Gasteiger partial charge in [-0.25, -0.2) is 13.8 Å². The van der Waals surface area contributed by atoms with E-state index in [2.05, 4.69) is 15.3 Å². The van der Waals surface area contributed by atoms with E-state index < -0.39 is 16.2 Å². The van der Waals surface area contributed by atoms with Gasteiger partial charge in [-0.05, 0) is 44.6 Å². The van der Waals surface area contributed by atoms with E-state index in [0.29, 0.717) is 15.7 Å². The molecule has 1 atom stereocenters. The Hall–Kier alpha value is -1.01. The summed E-state index contributed by atoms with van der Waals surface area (Å²) in [5.41, 5.74) is 0.651. The maximum absolute atomic E-state index is 13.0. The molecule has 3 rings (SSSR count). The number of likely N-dealkylation sites (N-methyl/N-ethyl adjacent to an activating group) is 1. The molecule has 1 aliphatic rings. The number of carbonyl (C=O) groups is 1. The van der Waals surface area contributed by atoms with Crippen molar-refractivity contribution in [3.05, 3.63) is 40.6 Å². The zero-order chi connectivity index (χ0) is 21.2. The van der Waals surface area contributed by atoms with Crippen molar-refractivity contribution in [1.82, 2.24) is 19.4 Å². The quantitative estimate of drug-likeness (QED) is 0.611. The van der Waals surface area contributed by atoms with Crippen molar-refractivity contribution >= 4 is 80.4 Å². The summed E-state index contributed by atoms with van der Waals surface area (Å²) >= 11 is 11.8. The Kier molecular flexibility index (Phi) is 8.87. The second-order valence-corrected chi connectivity index (χ2v) is 9.37. The number of likely N-dealkylation sites (tertiary alicyclic amines) is 1. The molecular formula is C17H23Cl2N6NaO3S. The predicted octanol–water partition coefficient (Wildman–Crippen LogP) is 2.05. The van der Waals surface area contributed by atoms with Crippen LogP contribution in [0.5, 0.6) is 0 Å². The average molecular weight is 485 g/mol. The van der Waals surface area contributed by atoms with Crippen LogP contribution in [-0.2, 0) is 17.3 Å². The average Bonchev–Trinajstić information content (AvgIpc) is 3.19. The van der Waals surface area contributed by atoms with Crippen LogP contribution in [0.3, 0.4) is 0 Å². The van der Waals surface area contributed by atoms with E-state index in [0.717, 1.165) is 23.7 Å². The summed E-state index contributed by atoms with van der Waals surface area (Å²) in [5, 5.41) is 7.12. The van der Waals surface area contributed by atoms with Crippen LogP contribution in [0, 0.1) is 0 Å². The topological polar surface area (TPSA) is 99.6 Å². The number of aromatic nitrogens is 2. The summed E-state index contributed by atoms with van der Waals surface area (Å²) < 4.78 is 30.7. The number of nitrogens with zero attached hydrogens (tertiary/aromatic N) is 4. The Morgan fingerprint density at radius 3 is 2.47 bits per heavy atom. The Balaban J connectivity index is 0.00000320. The molecule has 0 radical (unpaired) electrons. The van der Waals surface area contributed by atoms with Gasteiger partial charge in [0.25, 0.3) is 0 Å². The van der Waals surface area contributed by atoms with Crippen LogP contribution in [0.15, 0.2) is 30.6 Å². The molecule has 160 valence electrons. The third-order valence-corrected chi connectivity index (χ3v) is 6.48. The van der Waals surface area contributed by atoms with Crippen LogP contribution in [0.1, 0.15) is 12.8 Å². The minimum atomic E-state index is -4.19. The molecule has 2 heterocycles. The first-order valence-electron chi connectivity index (χ1n) is 8.90. The Morgan fingerprint density at radius 1 is 1.27 bits per heavy atom. The molecule has 0 aliphatic carbocycles. The number of benzene rings is 1. The second kappa shape index (κ2) is 10.5. The fraction of sp³-hybridized carbons (Fsp3) is 0.412. The molecule has 1 saturated heterocycles. The molecule has 1 aromatic carbocycles. The van der Waals surface area contributed by atoms with E-state index >= 15 is 0 Å². The summed E-state index contributed by atoms with van der Waals surface area (Å²) in [6, 6.07) is 3.56. The van der Waals surface area contributed by atoms with Gasteiger partial charge in [-0.1, -0.05) is 23.2 Å². The molecule has 9 nitrogen and oxygen atoms in total. The van der Waals surface area contributed by atoms with Gasteiger partial charge >= 0.3 is 45.8 Å². The first-order chi connectivity index (χ1) is 13.6. The molecule has 30 heavy (non-hydrogen) atoms. The maximum atomic E-state index is 13.0. The van der Waals surface area contributed by atoms with Crippen molar-refractivity contribution in [2.24, 2.45) is 7.05 Å². The van der Waals surface area contributed by atoms with E-state index in [1.165, 1.54) is 29.1 Å². The predicted molar refractivity (Wildman–Crippen MR) is 121 cm³/mol. The van der Waals surface area contributed by atoms with E-state index in [1.807, 2.05) is 11.8 Å². The molecule has 2 N–H and O–H groups in total. The normalized spacial score (nSPS) is 16.7. The molecule has 0 saturated carbocycles. The van der Waals surface area contributed by atoms with Gasteiger partial charge in [0.05, 0.1) is 18.4 Å². The van der Waals surface area contributed by atoms with Gasteiger partial charge in [-0.2, -0.15) is 13.5 Å². The van der Waals surface area contributed by atoms with Gasteiger partial charge in [0.15, 0.2) is 0 Å². The number of aryl methyl sites for hydroxylation is 1. The Labute approximate surface area is 208 Å². The van der Waals surface area contributed by atoms with E-state index in [9.17, 15) is 13.2 Å². The van der Waals surface area contributed by atoms with Gasteiger partial charge in [-0.15, -0.1) is 0 Å². The van der Waals surface area contributed by atoms with Crippen molar-refractivity contribution < 1.29 is 13.2 Å². The van der Waals surface area contributed by atoms with Gasteiger partial charge in [-0.3, -0.25) is 4.68 Å².